The van der Waals surface area contributed by atoms with Crippen LogP contribution in [0, 0.1) is 0 Å². The Hall–Kier alpha value is -2.35. The van der Waals surface area contributed by atoms with Gasteiger partial charge in [-0.3, -0.25) is 0 Å². The average molecular weight is 262 g/mol. The molecule has 0 radical (unpaired) electrons. The fraction of sp³-hybridized carbons (Fsp3) is 0.167. The molecule has 2 nitrogen and oxygen atoms in total. The summed E-state index contributed by atoms with van der Waals surface area (Å²) in [5.74, 6) is -0.130. The van der Waals surface area contributed by atoms with Gasteiger partial charge in [0.15, 0.2) is 0 Å². The van der Waals surface area contributed by atoms with Crippen LogP contribution in [0.15, 0.2) is 65.7 Å². The van der Waals surface area contributed by atoms with Crippen molar-refractivity contribution < 1.29 is 9.53 Å². The second-order valence-electron chi connectivity index (χ2n) is 5.31. The lowest BCUT2D eigenvalue weighted by atomic mass is 9.75. The molecule has 98 valence electrons. The van der Waals surface area contributed by atoms with Gasteiger partial charge in [0.05, 0.1) is 5.57 Å². The van der Waals surface area contributed by atoms with E-state index in [-0.39, 0.29) is 11.9 Å². The van der Waals surface area contributed by atoms with Crippen molar-refractivity contribution in [2.45, 2.75) is 12.3 Å². The van der Waals surface area contributed by atoms with Crippen LogP contribution in [0.5, 0.6) is 0 Å². The van der Waals surface area contributed by atoms with Crippen LogP contribution < -0.4 is 0 Å². The molecule has 4 rings (SSSR count). The maximum Gasteiger partial charge on any atom is 0.335 e. The summed E-state index contributed by atoms with van der Waals surface area (Å²) in [4.78, 5) is 12.1. The first-order valence-corrected chi connectivity index (χ1v) is 6.86. The summed E-state index contributed by atoms with van der Waals surface area (Å²) in [6.07, 6.45) is 0.834. The van der Waals surface area contributed by atoms with E-state index in [4.69, 9.17) is 4.74 Å². The summed E-state index contributed by atoms with van der Waals surface area (Å²) in [5.41, 5.74) is 5.69. The molecule has 0 bridgehead atoms. The lowest BCUT2D eigenvalue weighted by Crippen LogP contribution is -2.17. The zero-order valence-corrected chi connectivity index (χ0v) is 11.0. The number of cyclic esters (lactones) is 1. The number of rotatable bonds is 1. The van der Waals surface area contributed by atoms with Crippen LogP contribution in [0.25, 0.3) is 0 Å². The second kappa shape index (κ2) is 4.34. The lowest BCUT2D eigenvalue weighted by molar-refractivity contribution is -0.136. The Balaban J connectivity index is 1.95. The van der Waals surface area contributed by atoms with Crippen molar-refractivity contribution in [2.24, 2.45) is 0 Å². The van der Waals surface area contributed by atoms with Gasteiger partial charge in [0, 0.05) is 5.92 Å². The maximum atomic E-state index is 12.1. The van der Waals surface area contributed by atoms with Crippen molar-refractivity contribution in [2.75, 3.05) is 6.61 Å². The van der Waals surface area contributed by atoms with Crippen molar-refractivity contribution >= 4 is 5.97 Å². The van der Waals surface area contributed by atoms with E-state index in [9.17, 15) is 4.79 Å². The Morgan fingerprint density at radius 3 is 2.55 bits per heavy atom. The predicted molar refractivity (Wildman–Crippen MR) is 76.4 cm³/mol. The molecular formula is C18H14O2. The molecule has 0 spiro atoms. The molecular weight excluding hydrogens is 248 g/mol. The Bertz CT molecular complexity index is 713. The highest BCUT2D eigenvalue weighted by Crippen LogP contribution is 2.43. The number of fused-ring (bicyclic) bond motifs is 1. The van der Waals surface area contributed by atoms with Crippen LogP contribution in [-0.2, 0) is 16.0 Å². The van der Waals surface area contributed by atoms with Gasteiger partial charge in [-0.05, 0) is 28.7 Å². The molecule has 0 aromatic heterocycles. The first kappa shape index (κ1) is 11.5. The molecule has 2 aromatic carbocycles. The first-order chi connectivity index (χ1) is 9.84. The third kappa shape index (κ3) is 1.61. The molecule has 1 heterocycles. The van der Waals surface area contributed by atoms with Gasteiger partial charge in [0.2, 0.25) is 0 Å². The third-order valence-electron chi connectivity index (χ3n) is 4.17. The topological polar surface area (TPSA) is 26.3 Å². The average Bonchev–Trinajstić information content (AvgIpc) is 2.87. The van der Waals surface area contributed by atoms with Crippen LogP contribution in [0.1, 0.15) is 22.6 Å². The normalized spacial score (nSPS) is 20.4. The van der Waals surface area contributed by atoms with E-state index in [0.717, 1.165) is 23.1 Å². The number of esters is 1. The number of carbonyl (C=O) groups excluding carboxylic acids is 1. The summed E-state index contributed by atoms with van der Waals surface area (Å²) in [6.45, 7) is 0.450. The van der Waals surface area contributed by atoms with E-state index in [1.54, 1.807) is 0 Å². The third-order valence-corrected chi connectivity index (χ3v) is 4.17. The van der Waals surface area contributed by atoms with Crippen molar-refractivity contribution in [3.63, 3.8) is 0 Å². The lowest BCUT2D eigenvalue weighted by Gasteiger charge is -2.26. The molecule has 1 aliphatic carbocycles. The fourth-order valence-corrected chi connectivity index (χ4v) is 3.27. The van der Waals surface area contributed by atoms with Crippen molar-refractivity contribution in [1.29, 1.82) is 0 Å². The van der Waals surface area contributed by atoms with Crippen LogP contribution in [0.4, 0.5) is 0 Å². The Kier molecular flexibility index (Phi) is 2.49. The van der Waals surface area contributed by atoms with E-state index in [1.165, 1.54) is 11.1 Å². The molecule has 20 heavy (non-hydrogen) atoms. The van der Waals surface area contributed by atoms with Gasteiger partial charge in [0.25, 0.3) is 0 Å². The molecule has 1 unspecified atom stereocenters. The fourth-order valence-electron chi connectivity index (χ4n) is 3.27. The Morgan fingerprint density at radius 1 is 0.950 bits per heavy atom. The number of carbonyl (C=O) groups is 1. The van der Waals surface area contributed by atoms with Crippen molar-refractivity contribution in [3.05, 3.63) is 82.4 Å². The van der Waals surface area contributed by atoms with E-state index < -0.39 is 0 Å². The second-order valence-corrected chi connectivity index (χ2v) is 5.31. The van der Waals surface area contributed by atoms with Crippen LogP contribution >= 0.6 is 0 Å². The summed E-state index contributed by atoms with van der Waals surface area (Å²) in [5, 5.41) is 0. The standard InChI is InChI=1S/C18H14O2/c19-18-17-14(11-20-18)10-13-8-4-5-9-15(13)16(17)12-6-2-1-3-7-12/h1-9,16H,10-11H2. The molecule has 0 amide bonds. The smallest absolute Gasteiger partial charge is 0.335 e. The first-order valence-electron chi connectivity index (χ1n) is 6.86. The minimum absolute atomic E-state index is 0.0196. The van der Waals surface area contributed by atoms with Crippen LogP contribution in [0.3, 0.4) is 0 Å². The summed E-state index contributed by atoms with van der Waals surface area (Å²) in [6, 6.07) is 18.6. The SMILES string of the molecule is O=C1OCC2=C1C(c1ccccc1)c1ccccc1C2. The van der Waals surface area contributed by atoms with Gasteiger partial charge in [-0.1, -0.05) is 54.6 Å². The summed E-state index contributed by atoms with van der Waals surface area (Å²) >= 11 is 0. The minimum Gasteiger partial charge on any atom is -0.458 e. The number of ether oxygens (including phenoxy) is 1. The number of hydrogen-bond donors (Lipinski definition) is 0. The van der Waals surface area contributed by atoms with Gasteiger partial charge in [-0.15, -0.1) is 0 Å². The van der Waals surface area contributed by atoms with Gasteiger partial charge in [-0.25, -0.2) is 4.79 Å². The molecule has 1 atom stereocenters. The monoisotopic (exact) mass is 262 g/mol. The minimum atomic E-state index is -0.150. The molecule has 2 heteroatoms. The quantitative estimate of drug-likeness (QED) is 0.738. The van der Waals surface area contributed by atoms with Gasteiger partial charge in [-0.2, -0.15) is 0 Å². The summed E-state index contributed by atoms with van der Waals surface area (Å²) < 4.78 is 5.27. The largest absolute Gasteiger partial charge is 0.458 e. The van der Waals surface area contributed by atoms with E-state index >= 15 is 0 Å². The zero-order chi connectivity index (χ0) is 13.5. The molecule has 0 N–H and O–H groups in total. The highest BCUT2D eigenvalue weighted by Gasteiger charge is 2.37. The molecule has 0 saturated heterocycles. The maximum absolute atomic E-state index is 12.1. The number of benzene rings is 2. The Morgan fingerprint density at radius 2 is 1.70 bits per heavy atom. The highest BCUT2D eigenvalue weighted by atomic mass is 16.5. The zero-order valence-electron chi connectivity index (χ0n) is 11.0. The van der Waals surface area contributed by atoms with Crippen molar-refractivity contribution in [3.8, 4) is 0 Å². The van der Waals surface area contributed by atoms with Crippen molar-refractivity contribution in [1.82, 2.24) is 0 Å². The highest BCUT2D eigenvalue weighted by molar-refractivity contribution is 5.95. The molecule has 2 aliphatic rings. The van der Waals surface area contributed by atoms with E-state index in [0.29, 0.717) is 6.61 Å². The van der Waals surface area contributed by atoms with Gasteiger partial charge >= 0.3 is 5.97 Å². The van der Waals surface area contributed by atoms with Gasteiger partial charge in [0.1, 0.15) is 6.61 Å². The molecule has 0 fully saturated rings. The van der Waals surface area contributed by atoms with E-state index in [2.05, 4.69) is 30.3 Å². The Labute approximate surface area is 117 Å². The predicted octanol–water partition coefficient (Wildman–Crippen LogP) is 3.23. The van der Waals surface area contributed by atoms with Gasteiger partial charge < -0.3 is 4.74 Å². The molecule has 0 saturated carbocycles. The molecule has 2 aromatic rings. The number of hydrogen-bond acceptors (Lipinski definition) is 2. The van der Waals surface area contributed by atoms with E-state index in [1.807, 2.05) is 24.3 Å². The summed E-state index contributed by atoms with van der Waals surface area (Å²) in [7, 11) is 0. The van der Waals surface area contributed by atoms with Crippen LogP contribution in [0.2, 0.25) is 0 Å². The molecule has 1 aliphatic heterocycles. The van der Waals surface area contributed by atoms with Crippen LogP contribution in [-0.4, -0.2) is 12.6 Å².